The molecule has 0 aromatic rings. The Bertz CT molecular complexity index is 287. The van der Waals surface area contributed by atoms with Gasteiger partial charge in [-0.05, 0) is 18.8 Å². The molecule has 2 saturated heterocycles. The molecule has 0 aromatic carbocycles. The first-order valence-corrected chi connectivity index (χ1v) is 7.61. The summed E-state index contributed by atoms with van der Waals surface area (Å²) in [4.78, 5) is 16.3. The lowest BCUT2D eigenvalue weighted by molar-refractivity contribution is 0.0258. The topological polar surface area (TPSA) is 54.0 Å². The molecule has 20 heavy (non-hydrogen) atoms. The number of carbonyl (C=O) groups excluding carboxylic acids is 1. The van der Waals surface area contributed by atoms with Crippen molar-refractivity contribution in [1.29, 1.82) is 0 Å². The minimum atomic E-state index is 0.0480. The van der Waals surface area contributed by atoms with Gasteiger partial charge in [0.25, 0.3) is 0 Å². The average molecular weight is 285 g/mol. The van der Waals surface area contributed by atoms with Gasteiger partial charge in [-0.15, -0.1) is 0 Å². The molecular weight excluding hydrogens is 258 g/mol. The maximum atomic E-state index is 11.9. The van der Waals surface area contributed by atoms with Gasteiger partial charge in [0.1, 0.15) is 0 Å². The average Bonchev–Trinajstić information content (AvgIpc) is 2.49. The minimum Gasteiger partial charge on any atom is -0.383 e. The van der Waals surface area contributed by atoms with Gasteiger partial charge >= 0.3 is 6.03 Å². The van der Waals surface area contributed by atoms with E-state index in [0.29, 0.717) is 13.2 Å². The van der Waals surface area contributed by atoms with Crippen LogP contribution in [0.2, 0.25) is 0 Å². The van der Waals surface area contributed by atoms with Crippen LogP contribution in [0.3, 0.4) is 0 Å². The fourth-order valence-electron chi connectivity index (χ4n) is 2.84. The van der Waals surface area contributed by atoms with Crippen LogP contribution >= 0.6 is 0 Å². The first-order chi connectivity index (χ1) is 9.79. The Morgan fingerprint density at radius 2 is 1.95 bits per heavy atom. The number of hydrogen-bond acceptors (Lipinski definition) is 4. The molecule has 2 aliphatic heterocycles. The summed E-state index contributed by atoms with van der Waals surface area (Å²) in [5.74, 6) is 0.719. The number of hydrogen-bond donors (Lipinski definition) is 1. The smallest absolute Gasteiger partial charge is 0.317 e. The summed E-state index contributed by atoms with van der Waals surface area (Å²) in [7, 11) is 1.64. The van der Waals surface area contributed by atoms with Gasteiger partial charge in [0, 0.05) is 46.4 Å². The second-order valence-electron chi connectivity index (χ2n) is 5.57. The highest BCUT2D eigenvalue weighted by Crippen LogP contribution is 2.18. The molecule has 6 nitrogen and oxygen atoms in total. The summed E-state index contributed by atoms with van der Waals surface area (Å²) in [6.07, 6.45) is 2.21. The van der Waals surface area contributed by atoms with Crippen molar-refractivity contribution in [2.45, 2.75) is 12.8 Å². The second-order valence-corrected chi connectivity index (χ2v) is 5.57. The van der Waals surface area contributed by atoms with Crippen LogP contribution in [0.25, 0.3) is 0 Å². The Labute approximate surface area is 121 Å². The van der Waals surface area contributed by atoms with Crippen LogP contribution in [0.15, 0.2) is 0 Å². The van der Waals surface area contributed by atoms with Crippen LogP contribution in [-0.2, 0) is 9.47 Å². The molecule has 2 aliphatic rings. The third-order valence-electron chi connectivity index (χ3n) is 4.10. The quantitative estimate of drug-likeness (QED) is 0.742. The van der Waals surface area contributed by atoms with Crippen molar-refractivity contribution in [3.63, 3.8) is 0 Å². The third kappa shape index (κ3) is 4.92. The van der Waals surface area contributed by atoms with Crippen LogP contribution in [0.4, 0.5) is 4.79 Å². The molecule has 116 valence electrons. The Kier molecular flexibility index (Phi) is 6.56. The Morgan fingerprint density at radius 3 is 2.60 bits per heavy atom. The first kappa shape index (κ1) is 15.5. The Hall–Kier alpha value is -0.850. The van der Waals surface area contributed by atoms with E-state index >= 15 is 0 Å². The summed E-state index contributed by atoms with van der Waals surface area (Å²) < 4.78 is 10.3. The van der Waals surface area contributed by atoms with E-state index in [0.717, 1.165) is 64.7 Å². The number of urea groups is 1. The summed E-state index contributed by atoms with van der Waals surface area (Å²) in [5, 5.41) is 2.88. The van der Waals surface area contributed by atoms with E-state index in [9.17, 15) is 4.79 Å². The van der Waals surface area contributed by atoms with Crippen molar-refractivity contribution < 1.29 is 14.3 Å². The number of morpholine rings is 1. The monoisotopic (exact) mass is 285 g/mol. The largest absolute Gasteiger partial charge is 0.383 e. The normalized spacial score (nSPS) is 21.9. The Morgan fingerprint density at radius 1 is 1.25 bits per heavy atom. The molecule has 0 spiro atoms. The fraction of sp³-hybridized carbons (Fsp3) is 0.929. The van der Waals surface area contributed by atoms with Gasteiger partial charge in [0.05, 0.1) is 19.8 Å². The maximum Gasteiger partial charge on any atom is 0.317 e. The van der Waals surface area contributed by atoms with E-state index in [1.165, 1.54) is 0 Å². The zero-order chi connectivity index (χ0) is 14.2. The molecule has 0 aromatic heterocycles. The number of methoxy groups -OCH3 is 1. The van der Waals surface area contributed by atoms with Gasteiger partial charge in [-0.1, -0.05) is 0 Å². The lowest BCUT2D eigenvalue weighted by atomic mass is 9.96. The second kappa shape index (κ2) is 8.44. The van der Waals surface area contributed by atoms with Crippen molar-refractivity contribution in [1.82, 2.24) is 15.1 Å². The van der Waals surface area contributed by atoms with Gasteiger partial charge in [-0.25, -0.2) is 4.79 Å². The maximum absolute atomic E-state index is 11.9. The number of amides is 2. The number of ether oxygens (including phenoxy) is 2. The van der Waals surface area contributed by atoms with Gasteiger partial charge in [-0.2, -0.15) is 0 Å². The van der Waals surface area contributed by atoms with E-state index in [4.69, 9.17) is 9.47 Å². The SMILES string of the molecule is COCCNC(=O)N1CCC(CN2CCOCC2)CC1. The van der Waals surface area contributed by atoms with Crippen LogP contribution in [0, 0.1) is 5.92 Å². The number of likely N-dealkylation sites (tertiary alicyclic amines) is 1. The summed E-state index contributed by atoms with van der Waals surface area (Å²) in [6, 6.07) is 0.0480. The predicted octanol–water partition coefficient (Wildman–Crippen LogP) is 0.387. The standard InChI is InChI=1S/C14H27N3O3/c1-19-9-4-15-14(18)17-5-2-13(3-6-17)12-16-7-10-20-11-8-16/h13H,2-12H2,1H3,(H,15,18). The van der Waals surface area contributed by atoms with Gasteiger partial charge in [0.15, 0.2) is 0 Å². The molecule has 6 heteroatoms. The molecule has 0 bridgehead atoms. The van der Waals surface area contributed by atoms with Crippen molar-refractivity contribution >= 4 is 6.03 Å². The molecule has 2 rings (SSSR count). The molecule has 0 aliphatic carbocycles. The molecule has 1 N–H and O–H groups in total. The molecule has 2 fully saturated rings. The number of piperidine rings is 1. The molecule has 0 atom stereocenters. The Balaban J connectivity index is 1.62. The molecular formula is C14H27N3O3. The summed E-state index contributed by atoms with van der Waals surface area (Å²) in [5.41, 5.74) is 0. The van der Waals surface area contributed by atoms with Crippen molar-refractivity contribution in [3.8, 4) is 0 Å². The van der Waals surface area contributed by atoms with Crippen molar-refractivity contribution in [3.05, 3.63) is 0 Å². The first-order valence-electron chi connectivity index (χ1n) is 7.61. The van der Waals surface area contributed by atoms with Gasteiger partial charge in [0.2, 0.25) is 0 Å². The predicted molar refractivity (Wildman–Crippen MR) is 76.8 cm³/mol. The highest BCUT2D eigenvalue weighted by atomic mass is 16.5. The van der Waals surface area contributed by atoms with Crippen molar-refractivity contribution in [2.24, 2.45) is 5.92 Å². The van der Waals surface area contributed by atoms with Gasteiger partial charge in [-0.3, -0.25) is 4.90 Å². The molecule has 2 heterocycles. The number of nitrogens with zero attached hydrogens (tertiary/aromatic N) is 2. The number of carbonyl (C=O) groups is 1. The minimum absolute atomic E-state index is 0.0480. The number of rotatable bonds is 5. The van der Waals surface area contributed by atoms with Crippen LogP contribution < -0.4 is 5.32 Å². The third-order valence-corrected chi connectivity index (χ3v) is 4.10. The highest BCUT2D eigenvalue weighted by Gasteiger charge is 2.24. The molecule has 0 radical (unpaired) electrons. The van der Waals surface area contributed by atoms with Crippen LogP contribution in [-0.4, -0.2) is 82.0 Å². The summed E-state index contributed by atoms with van der Waals surface area (Å²) in [6.45, 7) is 7.88. The fourth-order valence-corrected chi connectivity index (χ4v) is 2.84. The van der Waals surface area contributed by atoms with E-state index in [1.54, 1.807) is 7.11 Å². The van der Waals surface area contributed by atoms with Crippen LogP contribution in [0.1, 0.15) is 12.8 Å². The van der Waals surface area contributed by atoms with Crippen LogP contribution in [0.5, 0.6) is 0 Å². The lowest BCUT2D eigenvalue weighted by Crippen LogP contribution is -2.47. The van der Waals surface area contributed by atoms with Gasteiger partial charge < -0.3 is 19.7 Å². The van der Waals surface area contributed by atoms with E-state index in [-0.39, 0.29) is 6.03 Å². The lowest BCUT2D eigenvalue weighted by Gasteiger charge is -2.36. The number of nitrogens with one attached hydrogen (secondary N) is 1. The van der Waals surface area contributed by atoms with Crippen molar-refractivity contribution in [2.75, 3.05) is 66.2 Å². The molecule has 0 saturated carbocycles. The summed E-state index contributed by atoms with van der Waals surface area (Å²) >= 11 is 0. The highest BCUT2D eigenvalue weighted by molar-refractivity contribution is 5.74. The zero-order valence-corrected chi connectivity index (χ0v) is 12.5. The van der Waals surface area contributed by atoms with E-state index < -0.39 is 0 Å². The zero-order valence-electron chi connectivity index (χ0n) is 12.5. The molecule has 2 amide bonds. The van der Waals surface area contributed by atoms with E-state index in [1.807, 2.05) is 4.90 Å². The molecule has 0 unspecified atom stereocenters. The van der Waals surface area contributed by atoms with E-state index in [2.05, 4.69) is 10.2 Å².